The van der Waals surface area contributed by atoms with Crippen molar-refractivity contribution in [3.63, 3.8) is 0 Å². The fourth-order valence-corrected chi connectivity index (χ4v) is 3.69. The lowest BCUT2D eigenvalue weighted by Gasteiger charge is -2.02. The Morgan fingerprint density at radius 3 is 2.71 bits per heavy atom. The van der Waals surface area contributed by atoms with E-state index in [4.69, 9.17) is 9.72 Å². The van der Waals surface area contributed by atoms with Crippen molar-refractivity contribution in [1.82, 2.24) is 24.9 Å². The Morgan fingerprint density at radius 2 is 2.04 bits per heavy atom. The molecule has 0 spiro atoms. The second-order valence-corrected chi connectivity index (χ2v) is 6.83. The summed E-state index contributed by atoms with van der Waals surface area (Å²) in [6.45, 7) is 1.45. The van der Waals surface area contributed by atoms with Gasteiger partial charge in [-0.05, 0) is 18.2 Å². The van der Waals surface area contributed by atoms with E-state index in [0.717, 1.165) is 32.5 Å². The van der Waals surface area contributed by atoms with E-state index < -0.39 is 0 Å². The number of imidazole rings is 1. The topological polar surface area (TPSA) is 106 Å². The molecule has 140 valence electrons. The first kappa shape index (κ1) is 17.8. The van der Waals surface area contributed by atoms with Crippen molar-refractivity contribution >= 4 is 23.1 Å². The van der Waals surface area contributed by atoms with Crippen LogP contribution in [0, 0.1) is 0 Å². The van der Waals surface area contributed by atoms with Crippen LogP contribution < -0.4 is 10.1 Å². The number of nitrogens with one attached hydrogen (secondary N) is 2. The van der Waals surface area contributed by atoms with Gasteiger partial charge >= 0.3 is 0 Å². The quantitative estimate of drug-likeness (QED) is 0.537. The number of carbonyl (C=O) groups is 1. The largest absolute Gasteiger partial charge is 0.481 e. The van der Waals surface area contributed by atoms with Gasteiger partial charge in [0.15, 0.2) is 0 Å². The smallest absolute Gasteiger partial charge is 0.222 e. The summed E-state index contributed by atoms with van der Waals surface area (Å²) >= 11 is 1.50. The summed E-state index contributed by atoms with van der Waals surface area (Å²) in [5, 5.41) is 3.48. The number of aromatic nitrogens is 5. The molecule has 0 unspecified atom stereocenters. The molecule has 0 fully saturated rings. The van der Waals surface area contributed by atoms with Gasteiger partial charge in [-0.15, -0.1) is 11.3 Å². The zero-order valence-electron chi connectivity index (χ0n) is 15.1. The van der Waals surface area contributed by atoms with Crippen LogP contribution in [0.4, 0.5) is 5.82 Å². The van der Waals surface area contributed by atoms with Crippen molar-refractivity contribution < 1.29 is 9.53 Å². The molecule has 4 aromatic rings. The van der Waals surface area contributed by atoms with Crippen LogP contribution in [0.5, 0.6) is 5.88 Å². The number of anilines is 1. The highest BCUT2D eigenvalue weighted by molar-refractivity contribution is 7.18. The molecule has 0 aliphatic heterocycles. The molecule has 4 aromatic heterocycles. The Labute approximate surface area is 164 Å². The Balaban J connectivity index is 1.80. The van der Waals surface area contributed by atoms with Gasteiger partial charge in [-0.3, -0.25) is 4.79 Å². The second-order valence-electron chi connectivity index (χ2n) is 5.83. The molecular formula is C19H16N6O2S. The first-order chi connectivity index (χ1) is 13.6. The van der Waals surface area contributed by atoms with Crippen molar-refractivity contribution in [2.24, 2.45) is 0 Å². The molecule has 0 radical (unpaired) electrons. The average molecular weight is 392 g/mol. The zero-order chi connectivity index (χ0) is 19.5. The van der Waals surface area contributed by atoms with E-state index >= 15 is 0 Å². The normalized spacial score (nSPS) is 10.6. The van der Waals surface area contributed by atoms with Crippen LogP contribution in [-0.2, 0) is 4.79 Å². The zero-order valence-corrected chi connectivity index (χ0v) is 15.9. The van der Waals surface area contributed by atoms with Crippen LogP contribution in [0.25, 0.3) is 32.5 Å². The lowest BCUT2D eigenvalue weighted by atomic mass is 10.2. The third-order valence-electron chi connectivity index (χ3n) is 3.87. The van der Waals surface area contributed by atoms with Gasteiger partial charge in [-0.2, -0.15) is 0 Å². The summed E-state index contributed by atoms with van der Waals surface area (Å²) in [7, 11) is 1.58. The highest BCUT2D eigenvalue weighted by Gasteiger charge is 2.18. The number of hydrogen-bond acceptors (Lipinski definition) is 7. The van der Waals surface area contributed by atoms with Crippen LogP contribution in [-0.4, -0.2) is 37.9 Å². The van der Waals surface area contributed by atoms with E-state index in [1.54, 1.807) is 44.0 Å². The first-order valence-electron chi connectivity index (χ1n) is 8.39. The number of ether oxygens (including phenoxy) is 1. The van der Waals surface area contributed by atoms with Gasteiger partial charge in [0.05, 0.1) is 17.7 Å². The number of H-pyrrole nitrogens is 1. The summed E-state index contributed by atoms with van der Waals surface area (Å²) in [5.74, 6) is 1.57. The molecule has 1 amide bonds. The summed E-state index contributed by atoms with van der Waals surface area (Å²) in [6, 6.07) is 7.35. The number of hydrogen-bond donors (Lipinski definition) is 2. The Bertz CT molecular complexity index is 1110. The van der Waals surface area contributed by atoms with Gasteiger partial charge in [0.25, 0.3) is 0 Å². The van der Waals surface area contributed by atoms with Crippen LogP contribution in [0.15, 0.2) is 49.1 Å². The van der Waals surface area contributed by atoms with E-state index in [9.17, 15) is 4.79 Å². The number of aromatic amines is 1. The van der Waals surface area contributed by atoms with Crippen molar-refractivity contribution in [3.8, 4) is 38.4 Å². The van der Waals surface area contributed by atoms with E-state index in [-0.39, 0.29) is 5.91 Å². The Hall–Kier alpha value is -3.59. The lowest BCUT2D eigenvalue weighted by Crippen LogP contribution is -2.07. The van der Waals surface area contributed by atoms with Gasteiger partial charge in [0.1, 0.15) is 16.6 Å². The van der Waals surface area contributed by atoms with E-state index in [1.165, 1.54) is 18.3 Å². The molecule has 28 heavy (non-hydrogen) atoms. The number of amides is 1. The van der Waals surface area contributed by atoms with E-state index in [2.05, 4.69) is 25.3 Å². The van der Waals surface area contributed by atoms with Crippen LogP contribution in [0.1, 0.15) is 6.92 Å². The van der Waals surface area contributed by atoms with Crippen LogP contribution >= 0.6 is 11.3 Å². The first-order valence-corrected chi connectivity index (χ1v) is 9.20. The minimum absolute atomic E-state index is 0.176. The predicted octanol–water partition coefficient (Wildman–Crippen LogP) is 3.62. The molecule has 8 nitrogen and oxygen atoms in total. The maximum absolute atomic E-state index is 11.3. The summed E-state index contributed by atoms with van der Waals surface area (Å²) in [6.07, 6.45) is 6.83. The van der Waals surface area contributed by atoms with Crippen molar-refractivity contribution in [3.05, 3.63) is 49.1 Å². The minimum Gasteiger partial charge on any atom is -0.481 e. The fraction of sp³-hybridized carbons (Fsp3) is 0.105. The van der Waals surface area contributed by atoms with Crippen molar-refractivity contribution in [1.29, 1.82) is 0 Å². The number of carbonyl (C=O) groups excluding carboxylic acids is 1. The number of pyridine rings is 2. The van der Waals surface area contributed by atoms with E-state index in [1.807, 2.05) is 12.1 Å². The average Bonchev–Trinajstić information content (AvgIpc) is 3.37. The van der Waals surface area contributed by atoms with Gasteiger partial charge in [0, 0.05) is 48.9 Å². The highest BCUT2D eigenvalue weighted by atomic mass is 32.1. The summed E-state index contributed by atoms with van der Waals surface area (Å²) in [5.41, 5.74) is 2.47. The minimum atomic E-state index is -0.176. The third-order valence-corrected chi connectivity index (χ3v) is 4.98. The molecule has 2 N–H and O–H groups in total. The molecule has 0 aliphatic rings. The number of methoxy groups -OCH3 is 1. The molecule has 9 heteroatoms. The molecule has 0 saturated carbocycles. The standard InChI is InChI=1S/C19H16N6O2S/c1-11(26)24-14-9-12(5-6-20-14)19-25-16(13-3-4-15(27-2)23-10-13)17(28-19)18-21-7-8-22-18/h3-10H,1-2H3,(H,21,22)(H,20,24,26). The van der Waals surface area contributed by atoms with Gasteiger partial charge in [-0.25, -0.2) is 19.9 Å². The molecule has 0 saturated heterocycles. The van der Waals surface area contributed by atoms with Crippen molar-refractivity contribution in [2.45, 2.75) is 6.92 Å². The lowest BCUT2D eigenvalue weighted by molar-refractivity contribution is -0.114. The monoisotopic (exact) mass is 392 g/mol. The highest BCUT2D eigenvalue weighted by Crippen LogP contribution is 2.39. The molecule has 0 aromatic carbocycles. The van der Waals surface area contributed by atoms with Crippen LogP contribution in [0.3, 0.4) is 0 Å². The second kappa shape index (κ2) is 7.57. The molecular weight excluding hydrogens is 376 g/mol. The van der Waals surface area contributed by atoms with Gasteiger partial charge in [0.2, 0.25) is 11.8 Å². The maximum Gasteiger partial charge on any atom is 0.222 e. The maximum atomic E-state index is 11.3. The third kappa shape index (κ3) is 3.60. The Morgan fingerprint density at radius 1 is 1.14 bits per heavy atom. The number of nitrogens with zero attached hydrogens (tertiary/aromatic N) is 4. The molecule has 4 heterocycles. The van der Waals surface area contributed by atoms with E-state index in [0.29, 0.717) is 11.7 Å². The molecule has 0 aliphatic carbocycles. The molecule has 4 rings (SSSR count). The van der Waals surface area contributed by atoms with Gasteiger partial charge in [-0.1, -0.05) is 0 Å². The van der Waals surface area contributed by atoms with Crippen LogP contribution in [0.2, 0.25) is 0 Å². The number of thiazole rings is 1. The summed E-state index contributed by atoms with van der Waals surface area (Å²) in [4.78, 5) is 33.0. The van der Waals surface area contributed by atoms with Gasteiger partial charge < -0.3 is 15.0 Å². The molecule has 0 atom stereocenters. The number of rotatable bonds is 5. The molecule has 0 bridgehead atoms. The summed E-state index contributed by atoms with van der Waals surface area (Å²) < 4.78 is 5.14. The predicted molar refractivity (Wildman–Crippen MR) is 107 cm³/mol. The SMILES string of the molecule is COc1ccc(-c2nc(-c3ccnc(NC(C)=O)c3)sc2-c2ncc[nH]2)cn1. The fourth-order valence-electron chi connectivity index (χ4n) is 2.64. The Kier molecular flexibility index (Phi) is 4.81. The van der Waals surface area contributed by atoms with Crippen molar-refractivity contribution in [2.75, 3.05) is 12.4 Å².